The number of carbonyl (C=O) groups excluding carboxylic acids is 3. The fraction of sp³-hybridized carbons (Fsp3) is 0.469. The molecule has 0 bridgehead atoms. The molecule has 0 heterocycles. The normalized spacial score (nSPS) is 18.3. The molecule has 7 nitrogen and oxygen atoms in total. The minimum Gasteiger partial charge on any atom is -0.444 e. The van der Waals surface area contributed by atoms with Gasteiger partial charge in [-0.15, -0.1) is 0 Å². The smallest absolute Gasteiger partial charge is 0.408 e. The molecule has 3 amide bonds. The van der Waals surface area contributed by atoms with Gasteiger partial charge in [0.05, 0.1) is 0 Å². The summed E-state index contributed by atoms with van der Waals surface area (Å²) in [7, 11) is 0. The molecule has 2 aromatic rings. The van der Waals surface area contributed by atoms with Crippen LogP contribution in [0.15, 0.2) is 61.2 Å². The largest absolute Gasteiger partial charge is 0.444 e. The van der Waals surface area contributed by atoms with Gasteiger partial charge in [0, 0.05) is 18.0 Å². The van der Waals surface area contributed by atoms with E-state index in [0.717, 1.165) is 17.5 Å². The summed E-state index contributed by atoms with van der Waals surface area (Å²) >= 11 is 0. The number of ether oxygens (including phenoxy) is 1. The van der Waals surface area contributed by atoms with Crippen molar-refractivity contribution in [3.8, 4) is 0 Å². The van der Waals surface area contributed by atoms with Gasteiger partial charge in [0.1, 0.15) is 17.7 Å². The summed E-state index contributed by atoms with van der Waals surface area (Å²) < 4.78 is 5.51. The quantitative estimate of drug-likeness (QED) is 0.436. The van der Waals surface area contributed by atoms with E-state index in [0.29, 0.717) is 5.56 Å². The Morgan fingerprint density at radius 3 is 2.23 bits per heavy atom. The van der Waals surface area contributed by atoms with E-state index < -0.39 is 29.3 Å². The number of rotatable bonds is 9. The molecule has 3 rings (SSSR count). The van der Waals surface area contributed by atoms with Gasteiger partial charge in [-0.1, -0.05) is 68.1 Å². The number of alkyl carbamates (subject to hydrolysis) is 1. The Labute approximate surface area is 233 Å². The first kappa shape index (κ1) is 29.9. The highest BCUT2D eigenvalue weighted by molar-refractivity contribution is 5.93. The molecule has 4 atom stereocenters. The Morgan fingerprint density at radius 1 is 1.05 bits per heavy atom. The summed E-state index contributed by atoms with van der Waals surface area (Å²) in [4.78, 5) is 42.9. The van der Waals surface area contributed by atoms with E-state index in [1.54, 1.807) is 31.7 Å². The van der Waals surface area contributed by atoms with Gasteiger partial charge in [-0.05, 0) is 76.6 Å². The lowest BCUT2D eigenvalue weighted by Crippen LogP contribution is -2.56. The lowest BCUT2D eigenvalue weighted by atomic mass is 9.97. The van der Waals surface area contributed by atoms with Crippen molar-refractivity contribution in [2.75, 3.05) is 0 Å². The lowest BCUT2D eigenvalue weighted by molar-refractivity contribution is -0.144. The Balaban J connectivity index is 2.07. The molecule has 0 radical (unpaired) electrons. The van der Waals surface area contributed by atoms with Crippen LogP contribution in [0.2, 0.25) is 0 Å². The van der Waals surface area contributed by atoms with Crippen LogP contribution in [-0.4, -0.2) is 46.0 Å². The average Bonchev–Trinajstić information content (AvgIpc) is 3.55. The number of amides is 3. The lowest BCUT2D eigenvalue weighted by Gasteiger charge is -2.36. The molecular formula is C32H43N3O4. The number of benzene rings is 2. The summed E-state index contributed by atoms with van der Waals surface area (Å²) in [6, 6.07) is 15.1. The fourth-order valence-corrected chi connectivity index (χ4v) is 4.58. The molecule has 2 aromatic carbocycles. The second-order valence-electron chi connectivity index (χ2n) is 12.4. The van der Waals surface area contributed by atoms with Gasteiger partial charge < -0.3 is 20.3 Å². The molecule has 210 valence electrons. The molecule has 0 aliphatic heterocycles. The number of hydrogen-bond acceptors (Lipinski definition) is 4. The van der Waals surface area contributed by atoms with Crippen molar-refractivity contribution in [2.45, 2.75) is 90.6 Å². The molecule has 0 aromatic heterocycles. The first-order valence-electron chi connectivity index (χ1n) is 13.6. The molecule has 39 heavy (non-hydrogen) atoms. The van der Waals surface area contributed by atoms with Crippen molar-refractivity contribution >= 4 is 24.0 Å². The summed E-state index contributed by atoms with van der Waals surface area (Å²) in [5.41, 5.74) is 1.20. The fourth-order valence-electron chi connectivity index (χ4n) is 4.58. The van der Waals surface area contributed by atoms with Crippen LogP contribution in [0.3, 0.4) is 0 Å². The first-order chi connectivity index (χ1) is 18.2. The molecule has 0 saturated heterocycles. The minimum absolute atomic E-state index is 0.140. The summed E-state index contributed by atoms with van der Waals surface area (Å²) in [6.07, 6.45) is 2.08. The number of nitrogens with zero attached hydrogens (tertiary/aromatic N) is 1. The van der Waals surface area contributed by atoms with Crippen LogP contribution in [0, 0.1) is 5.92 Å². The van der Waals surface area contributed by atoms with E-state index in [4.69, 9.17) is 4.74 Å². The summed E-state index contributed by atoms with van der Waals surface area (Å²) in [6.45, 7) is 17.0. The Bertz CT molecular complexity index is 1180. The van der Waals surface area contributed by atoms with E-state index in [-0.39, 0.29) is 30.2 Å². The molecule has 7 heteroatoms. The van der Waals surface area contributed by atoms with E-state index in [9.17, 15) is 14.4 Å². The van der Waals surface area contributed by atoms with Crippen LogP contribution in [0.1, 0.15) is 77.6 Å². The van der Waals surface area contributed by atoms with Gasteiger partial charge in [0.25, 0.3) is 0 Å². The van der Waals surface area contributed by atoms with Crippen LogP contribution in [-0.2, 0) is 20.7 Å². The third-order valence-electron chi connectivity index (χ3n) is 6.44. The first-order valence-corrected chi connectivity index (χ1v) is 13.6. The van der Waals surface area contributed by atoms with Gasteiger partial charge in [-0.2, -0.15) is 0 Å². The Hall–Kier alpha value is -3.61. The zero-order chi connectivity index (χ0) is 29.0. The van der Waals surface area contributed by atoms with Gasteiger partial charge in [-0.25, -0.2) is 4.79 Å². The topological polar surface area (TPSA) is 87.7 Å². The van der Waals surface area contributed by atoms with E-state index in [1.807, 2.05) is 75.4 Å². The van der Waals surface area contributed by atoms with Crippen molar-refractivity contribution in [1.29, 1.82) is 0 Å². The van der Waals surface area contributed by atoms with Crippen LogP contribution in [0.5, 0.6) is 0 Å². The molecular weight excluding hydrogens is 490 g/mol. The van der Waals surface area contributed by atoms with E-state index in [1.165, 1.54) is 0 Å². The second-order valence-corrected chi connectivity index (χ2v) is 12.4. The maximum absolute atomic E-state index is 14.5. The maximum Gasteiger partial charge on any atom is 0.408 e. The second kappa shape index (κ2) is 12.1. The van der Waals surface area contributed by atoms with E-state index in [2.05, 4.69) is 24.1 Å². The number of hydrogen-bond donors (Lipinski definition) is 2. The van der Waals surface area contributed by atoms with Crippen LogP contribution in [0.4, 0.5) is 4.79 Å². The standard InChI is InChI=1S/C32H43N3O4/c1-9-22-16-13-17-24(19-22)27(28(36)34-31(3,4)5)35(26-18-21(26)2)29(37)25(20-23-14-11-10-12-15-23)33-30(38)39-32(6,7)8/h9-17,19,21,25-27H,1,18,20H2,2-8H3,(H,33,38)(H,34,36). The molecule has 1 fully saturated rings. The highest BCUT2D eigenvalue weighted by atomic mass is 16.6. The minimum atomic E-state index is -0.928. The average molecular weight is 534 g/mol. The number of carbonyl (C=O) groups is 3. The Kier molecular flexibility index (Phi) is 9.26. The predicted octanol–water partition coefficient (Wildman–Crippen LogP) is 5.66. The van der Waals surface area contributed by atoms with Crippen molar-refractivity contribution in [3.63, 3.8) is 0 Å². The zero-order valence-corrected chi connectivity index (χ0v) is 24.3. The molecule has 1 aliphatic rings. The van der Waals surface area contributed by atoms with Crippen molar-refractivity contribution < 1.29 is 19.1 Å². The van der Waals surface area contributed by atoms with Crippen molar-refractivity contribution in [1.82, 2.24) is 15.5 Å². The van der Waals surface area contributed by atoms with Gasteiger partial charge in [-0.3, -0.25) is 9.59 Å². The van der Waals surface area contributed by atoms with E-state index >= 15 is 0 Å². The molecule has 0 spiro atoms. The number of nitrogens with one attached hydrogen (secondary N) is 2. The predicted molar refractivity (Wildman–Crippen MR) is 155 cm³/mol. The van der Waals surface area contributed by atoms with Crippen molar-refractivity contribution in [2.24, 2.45) is 5.92 Å². The Morgan fingerprint density at radius 2 is 1.69 bits per heavy atom. The highest BCUT2D eigenvalue weighted by Gasteiger charge is 2.48. The summed E-state index contributed by atoms with van der Waals surface area (Å²) in [5.74, 6) is -0.371. The molecule has 4 unspecified atom stereocenters. The van der Waals surface area contributed by atoms with Gasteiger partial charge in [0.2, 0.25) is 11.8 Å². The SMILES string of the molecule is C=Cc1cccc(C(C(=O)NC(C)(C)C)N(C(=O)C(Cc2ccccc2)NC(=O)OC(C)(C)C)C2CC2C)c1. The van der Waals surface area contributed by atoms with Crippen molar-refractivity contribution in [3.05, 3.63) is 77.9 Å². The van der Waals surface area contributed by atoms with Gasteiger partial charge >= 0.3 is 6.09 Å². The van der Waals surface area contributed by atoms with Crippen LogP contribution < -0.4 is 10.6 Å². The molecule has 2 N–H and O–H groups in total. The monoisotopic (exact) mass is 533 g/mol. The van der Waals surface area contributed by atoms with Crippen LogP contribution in [0.25, 0.3) is 6.08 Å². The summed E-state index contributed by atoms with van der Waals surface area (Å²) in [5, 5.41) is 5.89. The maximum atomic E-state index is 14.5. The highest BCUT2D eigenvalue weighted by Crippen LogP contribution is 2.41. The zero-order valence-electron chi connectivity index (χ0n) is 24.3. The van der Waals surface area contributed by atoms with Gasteiger partial charge in [0.15, 0.2) is 0 Å². The third kappa shape index (κ3) is 8.70. The third-order valence-corrected chi connectivity index (χ3v) is 6.44. The van der Waals surface area contributed by atoms with Crippen LogP contribution >= 0.6 is 0 Å². The molecule has 1 saturated carbocycles. The molecule has 1 aliphatic carbocycles.